The van der Waals surface area contributed by atoms with Crippen LogP contribution in [0, 0.1) is 17.8 Å². The molecule has 0 spiro atoms. The van der Waals surface area contributed by atoms with E-state index in [0.29, 0.717) is 31.3 Å². The van der Waals surface area contributed by atoms with E-state index in [9.17, 15) is 9.59 Å². The summed E-state index contributed by atoms with van der Waals surface area (Å²) in [4.78, 5) is 26.6. The van der Waals surface area contributed by atoms with Crippen LogP contribution in [0.25, 0.3) is 0 Å². The van der Waals surface area contributed by atoms with E-state index in [0.717, 1.165) is 32.1 Å². The van der Waals surface area contributed by atoms with Crippen molar-refractivity contribution in [1.82, 2.24) is 10.2 Å². The number of amides is 2. The lowest BCUT2D eigenvalue weighted by Gasteiger charge is -2.33. The minimum Gasteiger partial charge on any atom is -0.353 e. The normalized spacial score (nSPS) is 27.3. The molecule has 2 fully saturated rings. The Bertz CT molecular complexity index is 416. The summed E-state index contributed by atoms with van der Waals surface area (Å²) in [5.41, 5.74) is 6.07. The van der Waals surface area contributed by atoms with Gasteiger partial charge in [-0.25, -0.2) is 0 Å². The van der Waals surface area contributed by atoms with Gasteiger partial charge in [-0.05, 0) is 44.4 Å². The highest BCUT2D eigenvalue weighted by atomic mass is 16.2. The number of nitrogens with two attached hydrogens (primary N) is 1. The second kappa shape index (κ2) is 8.13. The Morgan fingerprint density at radius 1 is 1.13 bits per heavy atom. The molecule has 0 aromatic carbocycles. The lowest BCUT2D eigenvalue weighted by molar-refractivity contribution is -0.136. The van der Waals surface area contributed by atoms with Crippen LogP contribution in [0.5, 0.6) is 0 Å². The van der Waals surface area contributed by atoms with Gasteiger partial charge in [0.05, 0.1) is 0 Å². The van der Waals surface area contributed by atoms with Gasteiger partial charge in [-0.2, -0.15) is 0 Å². The van der Waals surface area contributed by atoms with Crippen molar-refractivity contribution in [3.05, 3.63) is 0 Å². The van der Waals surface area contributed by atoms with Crippen molar-refractivity contribution in [2.45, 2.75) is 71.4 Å². The fraction of sp³-hybridized carbons (Fsp3) is 0.889. The third-order valence-electron chi connectivity index (χ3n) is 5.74. The third kappa shape index (κ3) is 4.93. The molecule has 0 bridgehead atoms. The van der Waals surface area contributed by atoms with Crippen LogP contribution < -0.4 is 11.1 Å². The summed E-state index contributed by atoms with van der Waals surface area (Å²) in [5, 5.41) is 3.10. The first kappa shape index (κ1) is 18.2. The van der Waals surface area contributed by atoms with Crippen LogP contribution in [0.1, 0.15) is 59.3 Å². The highest BCUT2D eigenvalue weighted by Gasteiger charge is 2.31. The highest BCUT2D eigenvalue weighted by molar-refractivity contribution is 5.80. The van der Waals surface area contributed by atoms with Crippen LogP contribution in [0.15, 0.2) is 0 Å². The molecule has 1 aliphatic heterocycles. The predicted molar refractivity (Wildman–Crippen MR) is 91.7 cm³/mol. The van der Waals surface area contributed by atoms with E-state index in [1.54, 1.807) is 0 Å². The Morgan fingerprint density at radius 3 is 2.30 bits per heavy atom. The van der Waals surface area contributed by atoms with Gasteiger partial charge >= 0.3 is 0 Å². The van der Waals surface area contributed by atoms with E-state index in [2.05, 4.69) is 19.2 Å². The van der Waals surface area contributed by atoms with Crippen LogP contribution in [-0.2, 0) is 9.59 Å². The summed E-state index contributed by atoms with van der Waals surface area (Å²) in [7, 11) is 0. The molecular formula is C18H33N3O2. The molecule has 1 aliphatic carbocycles. The molecule has 2 rings (SSSR count). The molecule has 1 saturated carbocycles. The molecule has 3 atom stereocenters. The number of rotatable bonds is 5. The smallest absolute Gasteiger partial charge is 0.223 e. The average Bonchev–Trinajstić information content (AvgIpc) is 2.92. The minimum absolute atomic E-state index is 0.0500. The van der Waals surface area contributed by atoms with Gasteiger partial charge in [-0.15, -0.1) is 0 Å². The zero-order valence-electron chi connectivity index (χ0n) is 14.9. The summed E-state index contributed by atoms with van der Waals surface area (Å²) < 4.78 is 0. The van der Waals surface area contributed by atoms with Crippen molar-refractivity contribution >= 4 is 11.8 Å². The first-order chi connectivity index (χ1) is 10.9. The molecule has 2 aliphatic rings. The molecule has 0 radical (unpaired) electrons. The average molecular weight is 323 g/mol. The lowest BCUT2D eigenvalue weighted by Crippen LogP contribution is -2.46. The fourth-order valence-corrected chi connectivity index (χ4v) is 3.57. The molecule has 23 heavy (non-hydrogen) atoms. The zero-order valence-corrected chi connectivity index (χ0v) is 14.9. The van der Waals surface area contributed by atoms with E-state index in [1.165, 1.54) is 0 Å². The number of carbonyl (C=O) groups excluding carboxylic acids is 2. The number of carbonyl (C=O) groups is 2. The van der Waals surface area contributed by atoms with Gasteiger partial charge in [0.25, 0.3) is 0 Å². The van der Waals surface area contributed by atoms with Gasteiger partial charge in [0.15, 0.2) is 0 Å². The molecule has 0 aromatic heterocycles. The molecule has 132 valence electrons. The number of nitrogens with one attached hydrogen (secondary N) is 1. The standard InChI is InChI=1S/C18H33N3O2/c1-12(2)13(3)20-18(23)14-7-9-21(10-8-14)17(22)11-15-5-4-6-16(15)19/h12-16H,4-11,19H2,1-3H3,(H,20,23)/t13?,15-,16+/m0/s1. The number of nitrogens with zero attached hydrogens (tertiary/aromatic N) is 1. The molecule has 3 N–H and O–H groups in total. The second-order valence-corrected chi connectivity index (χ2v) is 7.76. The number of piperidine rings is 1. The monoisotopic (exact) mass is 323 g/mol. The summed E-state index contributed by atoms with van der Waals surface area (Å²) >= 11 is 0. The molecule has 1 heterocycles. The van der Waals surface area contributed by atoms with Crippen LogP contribution in [0.3, 0.4) is 0 Å². The van der Waals surface area contributed by atoms with E-state index in [4.69, 9.17) is 5.73 Å². The first-order valence-corrected chi connectivity index (χ1v) is 9.22. The SMILES string of the molecule is CC(C)C(C)NC(=O)C1CCN(C(=O)C[C@@H]2CCC[C@H]2N)CC1. The Hall–Kier alpha value is -1.10. The van der Waals surface area contributed by atoms with Crippen molar-refractivity contribution in [2.24, 2.45) is 23.5 Å². The minimum atomic E-state index is 0.0500. The van der Waals surface area contributed by atoms with Gasteiger partial charge < -0.3 is 16.0 Å². The van der Waals surface area contributed by atoms with Gasteiger partial charge in [0.1, 0.15) is 0 Å². The second-order valence-electron chi connectivity index (χ2n) is 7.76. The molecule has 1 saturated heterocycles. The number of likely N-dealkylation sites (tertiary alicyclic amines) is 1. The molecule has 5 heteroatoms. The van der Waals surface area contributed by atoms with E-state index >= 15 is 0 Å². The maximum Gasteiger partial charge on any atom is 0.223 e. The van der Waals surface area contributed by atoms with E-state index in [1.807, 2.05) is 11.8 Å². The van der Waals surface area contributed by atoms with Crippen molar-refractivity contribution < 1.29 is 9.59 Å². The quantitative estimate of drug-likeness (QED) is 0.811. The Kier molecular flexibility index (Phi) is 6.45. The maximum atomic E-state index is 12.4. The van der Waals surface area contributed by atoms with Crippen LogP contribution in [0.4, 0.5) is 0 Å². The third-order valence-corrected chi connectivity index (χ3v) is 5.74. The van der Waals surface area contributed by atoms with Gasteiger partial charge in [0, 0.05) is 37.5 Å². The van der Waals surface area contributed by atoms with Crippen molar-refractivity contribution in [1.29, 1.82) is 0 Å². The van der Waals surface area contributed by atoms with Crippen LogP contribution >= 0.6 is 0 Å². The van der Waals surface area contributed by atoms with Gasteiger partial charge in [0.2, 0.25) is 11.8 Å². The Morgan fingerprint density at radius 2 is 1.78 bits per heavy atom. The van der Waals surface area contributed by atoms with Crippen molar-refractivity contribution in [3.63, 3.8) is 0 Å². The summed E-state index contributed by atoms with van der Waals surface area (Å²) in [6, 6.07) is 0.394. The molecule has 5 nitrogen and oxygen atoms in total. The molecular weight excluding hydrogens is 290 g/mol. The predicted octanol–water partition coefficient (Wildman–Crippen LogP) is 1.90. The molecule has 0 aromatic rings. The Balaban J connectivity index is 1.74. The molecule has 1 unspecified atom stereocenters. The largest absolute Gasteiger partial charge is 0.353 e. The van der Waals surface area contributed by atoms with Crippen LogP contribution in [-0.4, -0.2) is 41.9 Å². The lowest BCUT2D eigenvalue weighted by atomic mass is 9.93. The zero-order chi connectivity index (χ0) is 17.0. The summed E-state index contributed by atoms with van der Waals surface area (Å²) in [6.07, 6.45) is 5.42. The van der Waals surface area contributed by atoms with E-state index in [-0.39, 0.29) is 29.8 Å². The van der Waals surface area contributed by atoms with Gasteiger partial charge in [-0.3, -0.25) is 9.59 Å². The van der Waals surface area contributed by atoms with E-state index < -0.39 is 0 Å². The van der Waals surface area contributed by atoms with Crippen molar-refractivity contribution in [3.8, 4) is 0 Å². The van der Waals surface area contributed by atoms with Crippen molar-refractivity contribution in [2.75, 3.05) is 13.1 Å². The number of hydrogen-bond acceptors (Lipinski definition) is 3. The topological polar surface area (TPSA) is 75.4 Å². The number of hydrogen-bond donors (Lipinski definition) is 2. The first-order valence-electron chi connectivity index (χ1n) is 9.22. The molecule has 2 amide bonds. The summed E-state index contributed by atoms with van der Waals surface area (Å²) in [6.45, 7) is 7.68. The maximum absolute atomic E-state index is 12.4. The Labute approximate surface area is 140 Å². The van der Waals surface area contributed by atoms with Crippen LogP contribution in [0.2, 0.25) is 0 Å². The fourth-order valence-electron chi connectivity index (χ4n) is 3.57. The summed E-state index contributed by atoms with van der Waals surface area (Å²) in [5.74, 6) is 1.22. The highest BCUT2D eigenvalue weighted by Crippen LogP contribution is 2.28. The van der Waals surface area contributed by atoms with Gasteiger partial charge in [-0.1, -0.05) is 20.3 Å².